The molecule has 0 aliphatic rings. The summed E-state index contributed by atoms with van der Waals surface area (Å²) >= 11 is 0. The highest BCUT2D eigenvalue weighted by molar-refractivity contribution is 5.71. The third-order valence-electron chi connectivity index (χ3n) is 2.82. The molecule has 6 heteroatoms. The molecular weight excluding hydrogens is 271 g/mol. The predicted molar refractivity (Wildman–Crippen MR) is 69.0 cm³/mol. The maximum atomic E-state index is 12.9. The van der Waals surface area contributed by atoms with E-state index < -0.39 is 17.7 Å². The molecule has 0 aromatic heterocycles. The van der Waals surface area contributed by atoms with Crippen molar-refractivity contribution in [3.05, 3.63) is 35.4 Å². The number of ether oxygens (including phenoxy) is 1. The highest BCUT2D eigenvalue weighted by Crippen LogP contribution is 2.32. The fraction of sp³-hybridized carbons (Fsp3) is 0.500. The predicted octanol–water partition coefficient (Wildman–Crippen LogP) is 3.09. The Balaban J connectivity index is 2.83. The second kappa shape index (κ2) is 7.28. The van der Waals surface area contributed by atoms with Crippen molar-refractivity contribution in [3.63, 3.8) is 0 Å². The van der Waals surface area contributed by atoms with E-state index in [1.165, 1.54) is 12.1 Å². The van der Waals surface area contributed by atoms with Crippen molar-refractivity contribution in [2.75, 3.05) is 19.7 Å². The standard InChI is InChI=1S/C14H18F3NO2/c1-3-18(10-13(19)20-4-2)9-11-7-5-6-8-12(11)14(15,16)17/h5-8H,3-4,9-10H2,1-2H3. The van der Waals surface area contributed by atoms with Crippen molar-refractivity contribution in [2.45, 2.75) is 26.6 Å². The zero-order valence-corrected chi connectivity index (χ0v) is 11.5. The number of halogens is 3. The normalized spacial score (nSPS) is 11.7. The van der Waals surface area contributed by atoms with E-state index in [4.69, 9.17) is 4.74 Å². The number of rotatable bonds is 6. The molecule has 0 fully saturated rings. The van der Waals surface area contributed by atoms with Crippen LogP contribution in [-0.4, -0.2) is 30.6 Å². The van der Waals surface area contributed by atoms with Crippen LogP contribution in [0.2, 0.25) is 0 Å². The Kier molecular flexibility index (Phi) is 6.01. The summed E-state index contributed by atoms with van der Waals surface area (Å²) in [6.45, 7) is 4.24. The molecule has 0 aliphatic carbocycles. The minimum absolute atomic E-state index is 0.0173. The van der Waals surface area contributed by atoms with E-state index in [-0.39, 0.29) is 25.3 Å². The molecule has 1 aromatic rings. The monoisotopic (exact) mass is 289 g/mol. The Hall–Kier alpha value is -1.56. The Morgan fingerprint density at radius 2 is 1.90 bits per heavy atom. The van der Waals surface area contributed by atoms with E-state index in [1.807, 2.05) is 0 Å². The average Bonchev–Trinajstić information content (AvgIpc) is 2.37. The van der Waals surface area contributed by atoms with Crippen LogP contribution in [0.5, 0.6) is 0 Å². The molecule has 0 atom stereocenters. The van der Waals surface area contributed by atoms with Crippen molar-refractivity contribution in [1.82, 2.24) is 4.90 Å². The lowest BCUT2D eigenvalue weighted by atomic mass is 10.1. The van der Waals surface area contributed by atoms with Gasteiger partial charge in [-0.15, -0.1) is 0 Å². The zero-order chi connectivity index (χ0) is 15.2. The molecule has 0 spiro atoms. The van der Waals surface area contributed by atoms with E-state index in [0.717, 1.165) is 6.07 Å². The topological polar surface area (TPSA) is 29.5 Å². The molecule has 0 amide bonds. The van der Waals surface area contributed by atoms with Gasteiger partial charge in [-0.25, -0.2) is 0 Å². The van der Waals surface area contributed by atoms with E-state index in [2.05, 4.69) is 0 Å². The smallest absolute Gasteiger partial charge is 0.416 e. The van der Waals surface area contributed by atoms with Gasteiger partial charge in [0.25, 0.3) is 0 Å². The molecular formula is C14H18F3NO2. The quantitative estimate of drug-likeness (QED) is 0.754. The fourth-order valence-corrected chi connectivity index (χ4v) is 1.84. The lowest BCUT2D eigenvalue weighted by molar-refractivity contribution is -0.144. The maximum Gasteiger partial charge on any atom is 0.416 e. The molecule has 1 rings (SSSR count). The number of hydrogen-bond acceptors (Lipinski definition) is 3. The van der Waals surface area contributed by atoms with Crippen LogP contribution in [0.15, 0.2) is 24.3 Å². The summed E-state index contributed by atoms with van der Waals surface area (Å²) in [7, 11) is 0. The minimum Gasteiger partial charge on any atom is -0.465 e. The van der Waals surface area contributed by atoms with Gasteiger partial charge in [0.15, 0.2) is 0 Å². The zero-order valence-electron chi connectivity index (χ0n) is 11.5. The van der Waals surface area contributed by atoms with Crippen molar-refractivity contribution in [3.8, 4) is 0 Å². The summed E-state index contributed by atoms with van der Waals surface area (Å²) < 4.78 is 43.4. The van der Waals surface area contributed by atoms with Crippen molar-refractivity contribution >= 4 is 5.97 Å². The van der Waals surface area contributed by atoms with Gasteiger partial charge in [-0.2, -0.15) is 13.2 Å². The molecule has 0 radical (unpaired) electrons. The van der Waals surface area contributed by atoms with Gasteiger partial charge >= 0.3 is 12.1 Å². The first kappa shape index (κ1) is 16.5. The Morgan fingerprint density at radius 1 is 1.25 bits per heavy atom. The summed E-state index contributed by atoms with van der Waals surface area (Å²) in [4.78, 5) is 13.0. The van der Waals surface area contributed by atoms with E-state index in [9.17, 15) is 18.0 Å². The van der Waals surface area contributed by atoms with Crippen LogP contribution in [0.1, 0.15) is 25.0 Å². The summed E-state index contributed by atoms with van der Waals surface area (Å²) in [6.07, 6.45) is -4.39. The number of carbonyl (C=O) groups is 1. The van der Waals surface area contributed by atoms with E-state index in [1.54, 1.807) is 24.8 Å². The Bertz CT molecular complexity index is 446. The molecule has 0 heterocycles. The summed E-state index contributed by atoms with van der Waals surface area (Å²) in [5.74, 6) is -0.432. The highest BCUT2D eigenvalue weighted by atomic mass is 19.4. The van der Waals surface area contributed by atoms with Crippen LogP contribution in [-0.2, 0) is 22.3 Å². The maximum absolute atomic E-state index is 12.9. The van der Waals surface area contributed by atoms with Crippen LogP contribution >= 0.6 is 0 Å². The molecule has 0 aliphatic heterocycles. The third-order valence-corrected chi connectivity index (χ3v) is 2.82. The van der Waals surface area contributed by atoms with Crippen LogP contribution in [0, 0.1) is 0 Å². The number of benzene rings is 1. The van der Waals surface area contributed by atoms with Crippen LogP contribution < -0.4 is 0 Å². The van der Waals surface area contributed by atoms with Crippen molar-refractivity contribution in [1.29, 1.82) is 0 Å². The van der Waals surface area contributed by atoms with Gasteiger partial charge in [0.2, 0.25) is 0 Å². The molecule has 0 N–H and O–H groups in total. The molecule has 20 heavy (non-hydrogen) atoms. The summed E-state index contributed by atoms with van der Waals surface area (Å²) in [5, 5.41) is 0. The lowest BCUT2D eigenvalue weighted by Crippen LogP contribution is -2.31. The fourth-order valence-electron chi connectivity index (χ4n) is 1.84. The second-order valence-corrected chi connectivity index (χ2v) is 4.26. The van der Waals surface area contributed by atoms with Gasteiger partial charge in [-0.1, -0.05) is 25.1 Å². The van der Waals surface area contributed by atoms with E-state index >= 15 is 0 Å². The minimum atomic E-state index is -4.39. The first-order chi connectivity index (χ1) is 9.38. The Morgan fingerprint density at radius 3 is 2.45 bits per heavy atom. The Labute approximate surface area is 116 Å². The summed E-state index contributed by atoms with van der Waals surface area (Å²) in [5.41, 5.74) is -0.506. The lowest BCUT2D eigenvalue weighted by Gasteiger charge is -2.21. The largest absolute Gasteiger partial charge is 0.465 e. The van der Waals surface area contributed by atoms with Crippen molar-refractivity contribution < 1.29 is 22.7 Å². The second-order valence-electron chi connectivity index (χ2n) is 4.26. The van der Waals surface area contributed by atoms with Gasteiger partial charge in [-0.3, -0.25) is 9.69 Å². The van der Waals surface area contributed by atoms with Crippen LogP contribution in [0.25, 0.3) is 0 Å². The van der Waals surface area contributed by atoms with Crippen LogP contribution in [0.3, 0.4) is 0 Å². The average molecular weight is 289 g/mol. The van der Waals surface area contributed by atoms with Gasteiger partial charge in [0, 0.05) is 6.54 Å². The van der Waals surface area contributed by atoms with Gasteiger partial charge < -0.3 is 4.74 Å². The first-order valence-corrected chi connectivity index (χ1v) is 6.41. The first-order valence-electron chi connectivity index (χ1n) is 6.41. The highest BCUT2D eigenvalue weighted by Gasteiger charge is 2.33. The van der Waals surface area contributed by atoms with Gasteiger partial charge in [0.1, 0.15) is 0 Å². The number of nitrogens with zero attached hydrogens (tertiary/aromatic N) is 1. The van der Waals surface area contributed by atoms with Gasteiger partial charge in [0.05, 0.1) is 18.7 Å². The van der Waals surface area contributed by atoms with E-state index in [0.29, 0.717) is 6.54 Å². The number of carbonyl (C=O) groups excluding carboxylic acids is 1. The van der Waals surface area contributed by atoms with Gasteiger partial charge in [-0.05, 0) is 25.1 Å². The number of hydrogen-bond donors (Lipinski definition) is 0. The van der Waals surface area contributed by atoms with Crippen LogP contribution in [0.4, 0.5) is 13.2 Å². The SMILES string of the molecule is CCOC(=O)CN(CC)Cc1ccccc1C(F)(F)F. The van der Waals surface area contributed by atoms with Crippen molar-refractivity contribution in [2.24, 2.45) is 0 Å². The molecule has 0 saturated carbocycles. The number of alkyl halides is 3. The molecule has 1 aromatic carbocycles. The molecule has 112 valence electrons. The number of likely N-dealkylation sites (N-methyl/N-ethyl adjacent to an activating group) is 1. The third kappa shape index (κ3) is 4.85. The molecule has 0 saturated heterocycles. The summed E-state index contributed by atoms with van der Waals surface area (Å²) in [6, 6.07) is 5.39. The molecule has 3 nitrogen and oxygen atoms in total. The number of esters is 1. The molecule has 0 unspecified atom stereocenters. The molecule has 0 bridgehead atoms.